The van der Waals surface area contributed by atoms with Crippen LogP contribution in [0.15, 0.2) is 36.5 Å². The summed E-state index contributed by atoms with van der Waals surface area (Å²) in [5.41, 5.74) is 5.35. The molecule has 0 radical (unpaired) electrons. The van der Waals surface area contributed by atoms with Crippen molar-refractivity contribution < 1.29 is 42.7 Å². The number of carboxylic acids is 1. The molecular weight excluding hydrogens is 717 g/mol. The van der Waals surface area contributed by atoms with Crippen LogP contribution in [0.2, 0.25) is 0 Å². The van der Waals surface area contributed by atoms with Gasteiger partial charge in [0.2, 0.25) is 0 Å². The molecule has 0 rings (SSSR count). The second-order valence-corrected chi connectivity index (χ2v) is 16.3. The topological polar surface area (TPSA) is 155 Å². The number of aliphatic carboxylic acids is 1. The number of nitrogens with two attached hydrogens (primary N) is 1. The summed E-state index contributed by atoms with van der Waals surface area (Å²) in [5, 5.41) is 8.89. The molecule has 55 heavy (non-hydrogen) atoms. The Morgan fingerprint density at radius 3 is 1.53 bits per heavy atom. The first-order valence-electron chi connectivity index (χ1n) is 22.0. The quantitative estimate of drug-likeness (QED) is 0.0235. The molecule has 0 aliphatic carbocycles. The van der Waals surface area contributed by atoms with Gasteiger partial charge in [0.1, 0.15) is 12.1 Å². The molecule has 0 aromatic heterocycles. The lowest BCUT2D eigenvalue weighted by Crippen LogP contribution is -2.34. The van der Waals surface area contributed by atoms with Crippen molar-refractivity contribution in [2.45, 2.75) is 206 Å². The molecule has 322 valence electrons. The van der Waals surface area contributed by atoms with Gasteiger partial charge in [-0.3, -0.25) is 18.6 Å². The van der Waals surface area contributed by atoms with E-state index in [-0.39, 0.29) is 13.0 Å². The smallest absolute Gasteiger partial charge is 0.472 e. The SMILES string of the molecule is CCCCC/C=C\C/C=C\C/C=C\CCCCCCCCC(=O)OC(COCCCCCCCCCCCCCCCC)COP(=O)(O)OCC(N)C(=O)O. The Kier molecular flexibility index (Phi) is 39.1. The minimum atomic E-state index is -4.62. The van der Waals surface area contributed by atoms with Gasteiger partial charge in [0.05, 0.1) is 19.8 Å². The summed E-state index contributed by atoms with van der Waals surface area (Å²) in [6.07, 6.45) is 44.7. The molecule has 0 fully saturated rings. The zero-order valence-corrected chi connectivity index (χ0v) is 35.9. The number of esters is 1. The number of phosphoric ester groups is 1. The molecule has 0 saturated heterocycles. The average molecular weight is 800 g/mol. The van der Waals surface area contributed by atoms with Gasteiger partial charge < -0.3 is 25.2 Å². The van der Waals surface area contributed by atoms with Crippen LogP contribution in [0, 0.1) is 0 Å². The fourth-order valence-electron chi connectivity index (χ4n) is 5.96. The zero-order valence-electron chi connectivity index (χ0n) is 35.0. The summed E-state index contributed by atoms with van der Waals surface area (Å²) in [6.45, 7) is 3.85. The van der Waals surface area contributed by atoms with E-state index in [4.69, 9.17) is 29.4 Å². The molecule has 0 saturated carbocycles. The van der Waals surface area contributed by atoms with Gasteiger partial charge in [-0.2, -0.15) is 0 Å². The van der Waals surface area contributed by atoms with Crippen molar-refractivity contribution >= 4 is 19.8 Å². The normalized spacial score (nSPS) is 14.3. The summed E-state index contributed by atoms with van der Waals surface area (Å²) in [7, 11) is -4.62. The van der Waals surface area contributed by atoms with Crippen molar-refractivity contribution in [1.29, 1.82) is 0 Å². The second kappa shape index (κ2) is 40.4. The summed E-state index contributed by atoms with van der Waals surface area (Å²) in [4.78, 5) is 33.5. The summed E-state index contributed by atoms with van der Waals surface area (Å²) in [6, 6.07) is -1.47. The molecule has 0 bridgehead atoms. The van der Waals surface area contributed by atoms with Gasteiger partial charge in [0.25, 0.3) is 0 Å². The maximum Gasteiger partial charge on any atom is 0.472 e. The van der Waals surface area contributed by atoms with E-state index in [9.17, 15) is 19.0 Å². The molecule has 0 spiro atoms. The van der Waals surface area contributed by atoms with E-state index >= 15 is 0 Å². The van der Waals surface area contributed by atoms with Crippen LogP contribution in [0.1, 0.15) is 194 Å². The number of hydrogen-bond acceptors (Lipinski definition) is 8. The predicted molar refractivity (Wildman–Crippen MR) is 226 cm³/mol. The van der Waals surface area contributed by atoms with Gasteiger partial charge in [0, 0.05) is 13.0 Å². The van der Waals surface area contributed by atoms with Gasteiger partial charge >= 0.3 is 19.8 Å². The Hall–Kier alpha value is -1.81. The maximum absolute atomic E-state index is 12.6. The lowest BCUT2D eigenvalue weighted by molar-refractivity contribution is -0.154. The number of carbonyl (C=O) groups excluding carboxylic acids is 1. The summed E-state index contributed by atoms with van der Waals surface area (Å²) >= 11 is 0. The van der Waals surface area contributed by atoms with Gasteiger partial charge in [-0.15, -0.1) is 0 Å². The van der Waals surface area contributed by atoms with E-state index < -0.39 is 45.1 Å². The number of carbonyl (C=O) groups is 2. The highest BCUT2D eigenvalue weighted by Gasteiger charge is 2.27. The van der Waals surface area contributed by atoms with Crippen LogP contribution in [-0.4, -0.2) is 60.5 Å². The Labute approximate surface area is 336 Å². The number of hydrogen-bond donors (Lipinski definition) is 3. The molecular formula is C44H82NO9P. The molecule has 0 aromatic rings. The molecule has 0 aliphatic rings. The molecule has 4 N–H and O–H groups in total. The van der Waals surface area contributed by atoms with E-state index in [1.54, 1.807) is 0 Å². The standard InChI is InChI=1S/C44H82NO9P/c1-3-5-7-9-11-13-15-17-19-20-21-22-23-24-26-28-30-32-34-36-43(46)54-41(39-52-55(49,50)53-40-42(45)44(47)48)38-51-37-35-33-31-29-27-25-18-16-14-12-10-8-6-4-2/h11,13,17,19,21-22,41-42H,3-10,12,14-16,18,20,23-40,45H2,1-2H3,(H,47,48)(H,49,50)/b13-11-,19-17-,22-21-. The van der Waals surface area contributed by atoms with Crippen molar-refractivity contribution in [2.75, 3.05) is 26.4 Å². The van der Waals surface area contributed by atoms with Crippen molar-refractivity contribution in [3.8, 4) is 0 Å². The molecule has 10 nitrogen and oxygen atoms in total. The second-order valence-electron chi connectivity index (χ2n) is 14.8. The van der Waals surface area contributed by atoms with Crippen LogP contribution < -0.4 is 5.73 Å². The molecule has 0 amide bonds. The fourth-order valence-corrected chi connectivity index (χ4v) is 6.74. The molecule has 3 atom stereocenters. The first kappa shape index (κ1) is 53.2. The summed E-state index contributed by atoms with van der Waals surface area (Å²) < 4.78 is 33.3. The van der Waals surface area contributed by atoms with Crippen molar-refractivity contribution in [2.24, 2.45) is 5.73 Å². The summed E-state index contributed by atoms with van der Waals surface area (Å²) in [5.74, 6) is -1.79. The lowest BCUT2D eigenvalue weighted by atomic mass is 10.0. The largest absolute Gasteiger partial charge is 0.480 e. The zero-order chi connectivity index (χ0) is 40.5. The average Bonchev–Trinajstić information content (AvgIpc) is 3.16. The Bertz CT molecular complexity index is 1020. The number of carboxylic acid groups (broad SMARTS) is 1. The minimum absolute atomic E-state index is 0.0140. The van der Waals surface area contributed by atoms with Crippen LogP contribution >= 0.6 is 7.82 Å². The minimum Gasteiger partial charge on any atom is -0.480 e. The third-order valence-corrected chi connectivity index (χ3v) is 10.4. The number of ether oxygens (including phenoxy) is 2. The van der Waals surface area contributed by atoms with E-state index in [1.165, 1.54) is 96.3 Å². The first-order chi connectivity index (χ1) is 26.7. The monoisotopic (exact) mass is 800 g/mol. The maximum atomic E-state index is 12.6. The Morgan fingerprint density at radius 1 is 0.582 bits per heavy atom. The highest BCUT2D eigenvalue weighted by Crippen LogP contribution is 2.43. The van der Waals surface area contributed by atoms with Gasteiger partial charge in [-0.05, 0) is 51.4 Å². The van der Waals surface area contributed by atoms with Crippen molar-refractivity contribution in [3.05, 3.63) is 36.5 Å². The van der Waals surface area contributed by atoms with E-state index in [0.29, 0.717) is 13.0 Å². The van der Waals surface area contributed by atoms with Crippen LogP contribution in [0.5, 0.6) is 0 Å². The van der Waals surface area contributed by atoms with Gasteiger partial charge in [0.15, 0.2) is 0 Å². The van der Waals surface area contributed by atoms with E-state index in [0.717, 1.165) is 70.6 Å². The fraction of sp³-hybridized carbons (Fsp3) is 0.818. The number of rotatable bonds is 42. The molecule has 0 aromatic carbocycles. The van der Waals surface area contributed by atoms with Crippen molar-refractivity contribution in [1.82, 2.24) is 0 Å². The number of phosphoric acid groups is 1. The predicted octanol–water partition coefficient (Wildman–Crippen LogP) is 12.1. The Balaban J connectivity index is 4.25. The molecule has 0 aliphatic heterocycles. The van der Waals surface area contributed by atoms with E-state index in [1.807, 2.05) is 0 Å². The third kappa shape index (κ3) is 40.2. The van der Waals surface area contributed by atoms with Crippen molar-refractivity contribution in [3.63, 3.8) is 0 Å². The van der Waals surface area contributed by atoms with Gasteiger partial charge in [-0.25, -0.2) is 4.57 Å². The van der Waals surface area contributed by atoms with Crippen LogP contribution in [0.4, 0.5) is 0 Å². The van der Waals surface area contributed by atoms with Crippen LogP contribution in [0.3, 0.4) is 0 Å². The number of allylic oxidation sites excluding steroid dienone is 6. The molecule has 11 heteroatoms. The highest BCUT2D eigenvalue weighted by atomic mass is 31.2. The highest BCUT2D eigenvalue weighted by molar-refractivity contribution is 7.47. The third-order valence-electron chi connectivity index (χ3n) is 9.42. The van der Waals surface area contributed by atoms with Crippen LogP contribution in [0.25, 0.3) is 0 Å². The lowest BCUT2D eigenvalue weighted by Gasteiger charge is -2.20. The van der Waals surface area contributed by atoms with Gasteiger partial charge in [-0.1, -0.05) is 172 Å². The van der Waals surface area contributed by atoms with E-state index in [2.05, 4.69) is 50.3 Å². The molecule has 3 unspecified atom stereocenters. The Morgan fingerprint density at radius 2 is 1.00 bits per heavy atom. The molecule has 0 heterocycles. The number of unbranched alkanes of at least 4 members (excludes halogenated alkanes) is 22. The van der Waals surface area contributed by atoms with Crippen LogP contribution in [-0.2, 0) is 32.7 Å². The first-order valence-corrected chi connectivity index (χ1v) is 23.5.